The molecule has 1 N–H and O–H groups in total. The second-order valence-corrected chi connectivity index (χ2v) is 9.18. The van der Waals surface area contributed by atoms with E-state index in [4.69, 9.17) is 14.6 Å². The van der Waals surface area contributed by atoms with Gasteiger partial charge in [-0.15, -0.1) is 5.10 Å². The van der Waals surface area contributed by atoms with E-state index in [0.717, 1.165) is 43.0 Å². The van der Waals surface area contributed by atoms with Crippen molar-refractivity contribution in [3.63, 3.8) is 0 Å². The summed E-state index contributed by atoms with van der Waals surface area (Å²) in [7, 11) is 0. The molecule has 0 saturated carbocycles. The highest BCUT2D eigenvalue weighted by Crippen LogP contribution is 2.37. The Labute approximate surface area is 212 Å². The van der Waals surface area contributed by atoms with E-state index in [0.29, 0.717) is 35.7 Å². The summed E-state index contributed by atoms with van der Waals surface area (Å²) in [5, 5.41) is 24.3. The van der Waals surface area contributed by atoms with Crippen molar-refractivity contribution in [3.8, 4) is 28.8 Å². The Balaban J connectivity index is 1.46. The molecule has 186 valence electrons. The molecule has 0 aliphatic carbocycles. The van der Waals surface area contributed by atoms with Gasteiger partial charge in [0.2, 0.25) is 5.88 Å². The first-order chi connectivity index (χ1) is 18.1. The molecule has 0 radical (unpaired) electrons. The molecule has 2 fully saturated rings. The quantitative estimate of drug-likeness (QED) is 0.425. The minimum atomic E-state index is -1.14. The van der Waals surface area contributed by atoms with Crippen LogP contribution in [0.2, 0.25) is 0 Å². The van der Waals surface area contributed by atoms with Crippen molar-refractivity contribution < 1.29 is 19.4 Å². The number of carboxylic acid groups (broad SMARTS) is 1. The summed E-state index contributed by atoms with van der Waals surface area (Å²) in [4.78, 5) is 23.3. The third-order valence-corrected chi connectivity index (χ3v) is 6.77. The van der Waals surface area contributed by atoms with E-state index in [-0.39, 0.29) is 17.7 Å². The van der Waals surface area contributed by atoms with Crippen molar-refractivity contribution in [1.29, 1.82) is 5.26 Å². The molecule has 37 heavy (non-hydrogen) atoms. The number of hydrogen-bond acceptors (Lipinski definition) is 8. The number of piperidine rings is 1. The van der Waals surface area contributed by atoms with Crippen LogP contribution in [0.4, 0.5) is 5.82 Å². The van der Waals surface area contributed by atoms with Gasteiger partial charge in [-0.2, -0.15) is 5.26 Å². The van der Waals surface area contributed by atoms with Crippen LogP contribution in [0, 0.1) is 17.2 Å². The zero-order valence-corrected chi connectivity index (χ0v) is 19.9. The van der Waals surface area contributed by atoms with Crippen LogP contribution in [0.1, 0.15) is 23.3 Å². The number of carboxylic acids is 1. The minimum Gasteiger partial charge on any atom is -0.477 e. The fourth-order valence-corrected chi connectivity index (χ4v) is 4.66. The highest BCUT2D eigenvalue weighted by atomic mass is 16.6. The van der Waals surface area contributed by atoms with Crippen molar-refractivity contribution >= 4 is 22.8 Å². The minimum absolute atomic E-state index is 0.0932. The number of para-hydroxylation sites is 1. The Kier molecular flexibility index (Phi) is 5.90. The number of ether oxygens (including phenoxy) is 2. The van der Waals surface area contributed by atoms with E-state index >= 15 is 0 Å². The van der Waals surface area contributed by atoms with E-state index in [2.05, 4.69) is 20.9 Å². The second kappa shape index (κ2) is 9.52. The molecule has 10 heteroatoms. The van der Waals surface area contributed by atoms with E-state index in [9.17, 15) is 15.2 Å². The molecule has 0 amide bonds. The van der Waals surface area contributed by atoms with Gasteiger partial charge in [-0.25, -0.2) is 19.4 Å². The van der Waals surface area contributed by atoms with Crippen molar-refractivity contribution in [2.24, 2.45) is 5.92 Å². The first-order valence-corrected chi connectivity index (χ1v) is 12.2. The van der Waals surface area contributed by atoms with Gasteiger partial charge in [0, 0.05) is 36.3 Å². The second-order valence-electron chi connectivity index (χ2n) is 9.18. The molecular weight excluding hydrogens is 472 g/mol. The lowest BCUT2D eigenvalue weighted by atomic mass is 9.98. The van der Waals surface area contributed by atoms with Crippen molar-refractivity contribution in [3.05, 3.63) is 60.4 Å². The number of hydrogen-bond donors (Lipinski definition) is 1. The normalized spacial score (nSPS) is 16.4. The molecule has 0 spiro atoms. The van der Waals surface area contributed by atoms with Gasteiger partial charge in [0.25, 0.3) is 0 Å². The van der Waals surface area contributed by atoms with Gasteiger partial charge in [0.15, 0.2) is 11.3 Å². The zero-order chi connectivity index (χ0) is 25.4. The van der Waals surface area contributed by atoms with E-state index in [1.54, 1.807) is 16.9 Å². The van der Waals surface area contributed by atoms with Crippen LogP contribution in [0.25, 0.3) is 27.8 Å². The highest BCUT2D eigenvalue weighted by Gasteiger charge is 2.27. The molecule has 2 saturated heterocycles. The molecule has 10 nitrogen and oxygen atoms in total. The van der Waals surface area contributed by atoms with Crippen LogP contribution in [0.5, 0.6) is 5.88 Å². The molecule has 2 aliphatic rings. The predicted octanol–water partition coefficient (Wildman–Crippen LogP) is 3.70. The average molecular weight is 497 g/mol. The number of anilines is 1. The summed E-state index contributed by atoms with van der Waals surface area (Å²) in [6.45, 7) is 2.49. The van der Waals surface area contributed by atoms with Gasteiger partial charge < -0.3 is 19.5 Å². The van der Waals surface area contributed by atoms with E-state index < -0.39 is 5.97 Å². The summed E-state index contributed by atoms with van der Waals surface area (Å²) < 4.78 is 13.1. The number of benzene rings is 1. The molecule has 3 aromatic heterocycles. The van der Waals surface area contributed by atoms with Crippen LogP contribution in [0.15, 0.2) is 54.7 Å². The molecule has 0 atom stereocenters. The number of nitriles is 1. The van der Waals surface area contributed by atoms with Gasteiger partial charge in [-0.1, -0.05) is 18.2 Å². The van der Waals surface area contributed by atoms with Crippen LogP contribution < -0.4 is 9.64 Å². The number of carbonyl (C=O) groups is 1. The van der Waals surface area contributed by atoms with Crippen molar-refractivity contribution in [2.75, 3.05) is 31.2 Å². The number of rotatable bonds is 6. The number of aromatic nitrogens is 4. The largest absolute Gasteiger partial charge is 0.477 e. The van der Waals surface area contributed by atoms with Gasteiger partial charge in [0.05, 0.1) is 30.4 Å². The predicted molar refractivity (Wildman–Crippen MR) is 135 cm³/mol. The summed E-state index contributed by atoms with van der Waals surface area (Å²) in [5.74, 6) is 0.153. The SMILES string of the molecule is N#CC1CCN(c2ccc(-c3cc(C(=O)O)nc4c3c(OC3COC3)nn4-c3ccccc3)cn2)CC1. The summed E-state index contributed by atoms with van der Waals surface area (Å²) >= 11 is 0. The lowest BCUT2D eigenvalue weighted by Gasteiger charge is -2.30. The summed E-state index contributed by atoms with van der Waals surface area (Å²) in [5.41, 5.74) is 2.39. The number of nitrogens with zero attached hydrogens (tertiary/aromatic N) is 6. The Hall–Kier alpha value is -4.49. The first kappa shape index (κ1) is 22.9. The fourth-order valence-electron chi connectivity index (χ4n) is 4.66. The lowest BCUT2D eigenvalue weighted by Crippen LogP contribution is -2.38. The maximum Gasteiger partial charge on any atom is 0.354 e. The first-order valence-electron chi connectivity index (χ1n) is 12.2. The Bertz CT molecular complexity index is 1480. The van der Waals surface area contributed by atoms with Crippen LogP contribution >= 0.6 is 0 Å². The smallest absolute Gasteiger partial charge is 0.354 e. The third kappa shape index (κ3) is 4.34. The molecule has 6 rings (SSSR count). The Morgan fingerprint density at radius 3 is 2.54 bits per heavy atom. The fraction of sp³-hybridized carbons (Fsp3) is 0.296. The van der Waals surface area contributed by atoms with E-state index in [1.807, 2.05) is 42.5 Å². The third-order valence-electron chi connectivity index (χ3n) is 6.77. The maximum atomic E-state index is 12.0. The Morgan fingerprint density at radius 1 is 1.14 bits per heavy atom. The molecule has 0 bridgehead atoms. The van der Waals surface area contributed by atoms with Gasteiger partial charge >= 0.3 is 5.97 Å². The van der Waals surface area contributed by atoms with Crippen LogP contribution in [0.3, 0.4) is 0 Å². The molecule has 5 heterocycles. The van der Waals surface area contributed by atoms with Gasteiger partial charge in [-0.05, 0) is 43.2 Å². The molecule has 4 aromatic rings. The van der Waals surface area contributed by atoms with Gasteiger partial charge in [0.1, 0.15) is 11.9 Å². The van der Waals surface area contributed by atoms with Crippen molar-refractivity contribution in [2.45, 2.75) is 18.9 Å². The average Bonchev–Trinajstić information content (AvgIpc) is 3.29. The molecular formula is C27H24N6O4. The number of aromatic carboxylic acids is 1. The summed E-state index contributed by atoms with van der Waals surface area (Å²) in [6, 6.07) is 17.2. The zero-order valence-electron chi connectivity index (χ0n) is 19.9. The van der Waals surface area contributed by atoms with E-state index in [1.165, 1.54) is 0 Å². The maximum absolute atomic E-state index is 12.0. The van der Waals surface area contributed by atoms with Crippen LogP contribution in [-0.2, 0) is 4.74 Å². The molecule has 1 aromatic carbocycles. The molecule has 2 aliphatic heterocycles. The monoisotopic (exact) mass is 496 g/mol. The lowest BCUT2D eigenvalue weighted by molar-refractivity contribution is -0.0808. The van der Waals surface area contributed by atoms with Crippen molar-refractivity contribution in [1.82, 2.24) is 19.7 Å². The Morgan fingerprint density at radius 2 is 1.92 bits per heavy atom. The number of pyridine rings is 2. The highest BCUT2D eigenvalue weighted by molar-refractivity contribution is 6.01. The summed E-state index contributed by atoms with van der Waals surface area (Å²) in [6.07, 6.45) is 3.24. The standard InChI is InChI=1S/C27H24N6O4/c28-13-17-8-10-32(11-9-17)23-7-6-18(14-29-23)21-12-22(27(34)35)30-25-24(21)26(37-20-15-36-16-20)31-33(25)19-4-2-1-3-5-19/h1-7,12,14,17,20H,8-11,15-16H2,(H,34,35). The number of fused-ring (bicyclic) bond motifs is 1. The molecule has 0 unspecified atom stereocenters. The topological polar surface area (TPSA) is 126 Å². The van der Waals surface area contributed by atoms with Gasteiger partial charge in [-0.3, -0.25) is 0 Å². The van der Waals surface area contributed by atoms with Crippen LogP contribution in [-0.4, -0.2) is 63.2 Å².